The first kappa shape index (κ1) is 12.0. The Hall–Kier alpha value is -1.01. The van der Waals surface area contributed by atoms with Crippen molar-refractivity contribution < 1.29 is 9.53 Å². The summed E-state index contributed by atoms with van der Waals surface area (Å²) in [6, 6.07) is -0.238. The van der Waals surface area contributed by atoms with Crippen LogP contribution < -0.4 is 5.32 Å². The van der Waals surface area contributed by atoms with Gasteiger partial charge in [-0.05, 0) is 26.8 Å². The highest BCUT2D eigenvalue weighted by Gasteiger charge is 2.11. The van der Waals surface area contributed by atoms with Gasteiger partial charge in [-0.3, -0.25) is 4.79 Å². The number of unbranched alkanes of at least 4 members (excludes halogenated alkanes) is 1. The smallest absolute Gasteiger partial charge is 0.322 e. The Morgan fingerprint density at radius 3 is 2.92 bits per heavy atom. The van der Waals surface area contributed by atoms with Crippen LogP contribution in [0.4, 0.5) is 0 Å². The van der Waals surface area contributed by atoms with Crippen molar-refractivity contribution in [3.05, 3.63) is 0 Å². The molecule has 0 amide bonds. The molecular weight excluding hydrogens is 166 g/mol. The number of ether oxygens (including phenoxy) is 1. The second kappa shape index (κ2) is 7.63. The molecule has 0 aliphatic heterocycles. The van der Waals surface area contributed by atoms with E-state index in [-0.39, 0.29) is 12.0 Å². The van der Waals surface area contributed by atoms with Crippen molar-refractivity contribution in [1.29, 1.82) is 0 Å². The lowest BCUT2D eigenvalue weighted by atomic mass is 10.3. The van der Waals surface area contributed by atoms with Crippen LogP contribution in [-0.2, 0) is 9.53 Å². The fraction of sp³-hybridized carbons (Fsp3) is 0.700. The van der Waals surface area contributed by atoms with Gasteiger partial charge in [-0.25, -0.2) is 0 Å². The van der Waals surface area contributed by atoms with E-state index in [1.54, 1.807) is 13.8 Å². The molecule has 0 aliphatic carbocycles. The predicted molar refractivity (Wildman–Crippen MR) is 52.2 cm³/mol. The van der Waals surface area contributed by atoms with Crippen LogP contribution in [0.1, 0.15) is 26.7 Å². The van der Waals surface area contributed by atoms with Gasteiger partial charge < -0.3 is 10.1 Å². The summed E-state index contributed by atoms with van der Waals surface area (Å²) < 4.78 is 4.82. The summed E-state index contributed by atoms with van der Waals surface area (Å²) in [4.78, 5) is 11.1. The number of carbonyl (C=O) groups is 1. The minimum absolute atomic E-state index is 0.205. The lowest BCUT2D eigenvalue weighted by Crippen LogP contribution is -2.35. The molecule has 13 heavy (non-hydrogen) atoms. The van der Waals surface area contributed by atoms with Gasteiger partial charge in [0.05, 0.1) is 6.61 Å². The predicted octanol–water partition coefficient (Wildman–Crippen LogP) is 0.941. The zero-order chi connectivity index (χ0) is 10.1. The topological polar surface area (TPSA) is 38.3 Å². The molecule has 0 aromatic carbocycles. The maximum atomic E-state index is 11.1. The van der Waals surface area contributed by atoms with Crippen molar-refractivity contribution in [1.82, 2.24) is 5.32 Å². The monoisotopic (exact) mass is 183 g/mol. The van der Waals surface area contributed by atoms with E-state index in [9.17, 15) is 4.79 Å². The van der Waals surface area contributed by atoms with Gasteiger partial charge in [-0.2, -0.15) is 0 Å². The molecule has 0 aromatic heterocycles. The Kier molecular flexibility index (Phi) is 7.04. The van der Waals surface area contributed by atoms with E-state index >= 15 is 0 Å². The number of hydrogen-bond donors (Lipinski definition) is 1. The van der Waals surface area contributed by atoms with Crippen LogP contribution in [0.5, 0.6) is 0 Å². The molecule has 74 valence electrons. The molecule has 3 nitrogen and oxygen atoms in total. The molecule has 0 aromatic rings. The molecule has 0 radical (unpaired) electrons. The second-order valence-corrected chi connectivity index (χ2v) is 2.74. The van der Waals surface area contributed by atoms with Crippen LogP contribution in [-0.4, -0.2) is 25.2 Å². The van der Waals surface area contributed by atoms with E-state index in [4.69, 9.17) is 11.2 Å². The molecule has 0 spiro atoms. The Balaban J connectivity index is 3.45. The molecule has 0 saturated heterocycles. The second-order valence-electron chi connectivity index (χ2n) is 2.74. The van der Waals surface area contributed by atoms with Crippen molar-refractivity contribution in [2.45, 2.75) is 32.7 Å². The summed E-state index contributed by atoms with van der Waals surface area (Å²) >= 11 is 0. The molecule has 1 N–H and O–H groups in total. The molecule has 0 bridgehead atoms. The van der Waals surface area contributed by atoms with Gasteiger partial charge in [0.25, 0.3) is 0 Å². The normalized spacial score (nSPS) is 11.8. The van der Waals surface area contributed by atoms with Crippen LogP contribution >= 0.6 is 0 Å². The lowest BCUT2D eigenvalue weighted by molar-refractivity contribution is -0.145. The highest BCUT2D eigenvalue weighted by atomic mass is 16.5. The van der Waals surface area contributed by atoms with Crippen molar-refractivity contribution in [2.75, 3.05) is 13.2 Å². The Bertz CT molecular complexity index is 184. The van der Waals surface area contributed by atoms with Crippen LogP contribution in [0.15, 0.2) is 0 Å². The zero-order valence-electron chi connectivity index (χ0n) is 8.30. The summed E-state index contributed by atoms with van der Waals surface area (Å²) in [5, 5.41) is 3.03. The average Bonchev–Trinajstić information content (AvgIpc) is 2.12. The highest BCUT2D eigenvalue weighted by Crippen LogP contribution is 1.89. The largest absolute Gasteiger partial charge is 0.465 e. The summed E-state index contributed by atoms with van der Waals surface area (Å²) in [5.74, 6) is 2.33. The van der Waals surface area contributed by atoms with Gasteiger partial charge in [0, 0.05) is 6.42 Å². The zero-order valence-corrected chi connectivity index (χ0v) is 8.30. The average molecular weight is 183 g/mol. The van der Waals surface area contributed by atoms with Crippen molar-refractivity contribution in [3.63, 3.8) is 0 Å². The van der Waals surface area contributed by atoms with Gasteiger partial charge in [0.2, 0.25) is 0 Å². The van der Waals surface area contributed by atoms with E-state index in [1.807, 2.05) is 0 Å². The molecular formula is C10H17NO2. The molecule has 0 heterocycles. The van der Waals surface area contributed by atoms with Gasteiger partial charge in [0.1, 0.15) is 6.04 Å². The molecule has 0 saturated carbocycles. The SMILES string of the molecule is C#CCCCNC(C)C(=O)OCC. The molecule has 1 unspecified atom stereocenters. The van der Waals surface area contributed by atoms with Gasteiger partial charge in [-0.1, -0.05) is 0 Å². The minimum atomic E-state index is -0.238. The first-order valence-corrected chi connectivity index (χ1v) is 4.55. The minimum Gasteiger partial charge on any atom is -0.465 e. The summed E-state index contributed by atoms with van der Waals surface area (Å²) in [6.45, 7) is 4.76. The first-order chi connectivity index (χ1) is 6.22. The summed E-state index contributed by atoms with van der Waals surface area (Å²) in [5.41, 5.74) is 0. The van der Waals surface area contributed by atoms with Gasteiger partial charge >= 0.3 is 5.97 Å². The first-order valence-electron chi connectivity index (χ1n) is 4.55. The third kappa shape index (κ3) is 6.18. The highest BCUT2D eigenvalue weighted by molar-refractivity contribution is 5.75. The third-order valence-corrected chi connectivity index (χ3v) is 1.59. The Morgan fingerprint density at radius 2 is 2.38 bits per heavy atom. The Labute approximate surface area is 79.8 Å². The fourth-order valence-electron chi connectivity index (χ4n) is 0.860. The lowest BCUT2D eigenvalue weighted by Gasteiger charge is -2.11. The van der Waals surface area contributed by atoms with Crippen LogP contribution in [0.2, 0.25) is 0 Å². The molecule has 1 atom stereocenters. The van der Waals surface area contributed by atoms with Crippen molar-refractivity contribution in [2.24, 2.45) is 0 Å². The maximum Gasteiger partial charge on any atom is 0.322 e. The number of hydrogen-bond acceptors (Lipinski definition) is 3. The van der Waals surface area contributed by atoms with Crippen LogP contribution in [0, 0.1) is 12.3 Å². The molecule has 3 heteroatoms. The maximum absolute atomic E-state index is 11.1. The van der Waals surface area contributed by atoms with Gasteiger partial charge in [0.15, 0.2) is 0 Å². The van der Waals surface area contributed by atoms with E-state index in [1.165, 1.54) is 0 Å². The Morgan fingerprint density at radius 1 is 1.69 bits per heavy atom. The number of terminal acetylenes is 1. The molecule has 0 aliphatic rings. The van der Waals surface area contributed by atoms with Crippen LogP contribution in [0.3, 0.4) is 0 Å². The van der Waals surface area contributed by atoms with E-state index < -0.39 is 0 Å². The van der Waals surface area contributed by atoms with E-state index in [0.29, 0.717) is 6.61 Å². The van der Waals surface area contributed by atoms with E-state index in [0.717, 1.165) is 19.4 Å². The summed E-state index contributed by atoms with van der Waals surface area (Å²) in [6.07, 6.45) is 6.71. The van der Waals surface area contributed by atoms with Crippen molar-refractivity contribution >= 4 is 5.97 Å². The van der Waals surface area contributed by atoms with Crippen molar-refractivity contribution in [3.8, 4) is 12.3 Å². The number of carbonyl (C=O) groups excluding carboxylic acids is 1. The fourth-order valence-corrected chi connectivity index (χ4v) is 0.860. The molecule has 0 fully saturated rings. The number of nitrogens with one attached hydrogen (secondary N) is 1. The van der Waals surface area contributed by atoms with Gasteiger partial charge in [-0.15, -0.1) is 12.3 Å². The molecule has 0 rings (SSSR count). The third-order valence-electron chi connectivity index (χ3n) is 1.59. The number of esters is 1. The van der Waals surface area contributed by atoms with Crippen LogP contribution in [0.25, 0.3) is 0 Å². The number of rotatable bonds is 6. The standard InChI is InChI=1S/C10H17NO2/c1-4-6-7-8-11-9(3)10(12)13-5-2/h1,9,11H,5-8H2,2-3H3. The quantitative estimate of drug-likeness (QED) is 0.378. The van der Waals surface area contributed by atoms with E-state index in [2.05, 4.69) is 11.2 Å². The summed E-state index contributed by atoms with van der Waals surface area (Å²) in [7, 11) is 0.